The number of nitrogens with zero attached hydrogens (tertiary/aromatic N) is 3. The molecule has 2 heterocycles. The molecule has 0 spiro atoms. The van der Waals surface area contributed by atoms with Gasteiger partial charge in [0.25, 0.3) is 5.91 Å². The molecule has 1 amide bonds. The van der Waals surface area contributed by atoms with E-state index in [-0.39, 0.29) is 11.9 Å². The summed E-state index contributed by atoms with van der Waals surface area (Å²) in [6.07, 6.45) is 4.55. The van der Waals surface area contributed by atoms with Gasteiger partial charge in [-0.05, 0) is 6.92 Å². The van der Waals surface area contributed by atoms with Gasteiger partial charge >= 0.3 is 0 Å². The minimum atomic E-state index is 0.0181. The van der Waals surface area contributed by atoms with Crippen LogP contribution in [0.2, 0.25) is 0 Å². The molecule has 1 aliphatic heterocycles. The van der Waals surface area contributed by atoms with E-state index in [4.69, 9.17) is 0 Å². The third-order valence-corrected chi connectivity index (χ3v) is 2.57. The SMILES string of the molecule is C[C@@H]1CNCCN1C(=O)c1cncnc1. The standard InChI is InChI=1S/C10H14N4O/c1-8-4-11-2-3-14(8)10(15)9-5-12-7-13-6-9/h5-8,11H,2-4H2,1H3/t8-/m1/s1. The van der Waals surface area contributed by atoms with Crippen molar-refractivity contribution in [3.8, 4) is 0 Å². The first-order valence-corrected chi connectivity index (χ1v) is 5.06. The van der Waals surface area contributed by atoms with Gasteiger partial charge in [0.05, 0.1) is 5.56 Å². The lowest BCUT2D eigenvalue weighted by Crippen LogP contribution is -2.52. The van der Waals surface area contributed by atoms with Gasteiger partial charge in [0.1, 0.15) is 6.33 Å². The summed E-state index contributed by atoms with van der Waals surface area (Å²) < 4.78 is 0. The lowest BCUT2D eigenvalue weighted by atomic mass is 10.2. The summed E-state index contributed by atoms with van der Waals surface area (Å²) in [6, 6.07) is 0.228. The van der Waals surface area contributed by atoms with Gasteiger partial charge in [-0.2, -0.15) is 0 Å². The van der Waals surface area contributed by atoms with Crippen molar-refractivity contribution in [3.63, 3.8) is 0 Å². The van der Waals surface area contributed by atoms with Crippen molar-refractivity contribution in [2.75, 3.05) is 19.6 Å². The number of nitrogens with one attached hydrogen (secondary N) is 1. The summed E-state index contributed by atoms with van der Waals surface area (Å²) in [5.74, 6) is 0.0181. The molecule has 0 saturated carbocycles. The average molecular weight is 206 g/mol. The van der Waals surface area contributed by atoms with E-state index in [2.05, 4.69) is 15.3 Å². The summed E-state index contributed by atoms with van der Waals surface area (Å²) in [5.41, 5.74) is 0.561. The second-order valence-corrected chi connectivity index (χ2v) is 3.68. The van der Waals surface area contributed by atoms with Crippen molar-refractivity contribution in [1.82, 2.24) is 20.2 Å². The first-order chi connectivity index (χ1) is 7.29. The van der Waals surface area contributed by atoms with E-state index in [0.717, 1.165) is 19.6 Å². The molecule has 1 aromatic rings. The highest BCUT2D eigenvalue weighted by Gasteiger charge is 2.23. The van der Waals surface area contributed by atoms with Gasteiger partial charge < -0.3 is 10.2 Å². The number of amides is 1. The molecule has 0 unspecified atom stereocenters. The molecular weight excluding hydrogens is 192 g/mol. The number of hydrogen-bond donors (Lipinski definition) is 1. The summed E-state index contributed by atoms with van der Waals surface area (Å²) >= 11 is 0. The Balaban J connectivity index is 2.13. The van der Waals surface area contributed by atoms with Gasteiger partial charge in [-0.3, -0.25) is 4.79 Å². The van der Waals surface area contributed by atoms with Crippen LogP contribution in [0.15, 0.2) is 18.7 Å². The fourth-order valence-corrected chi connectivity index (χ4v) is 1.72. The number of rotatable bonds is 1. The molecule has 0 radical (unpaired) electrons. The topological polar surface area (TPSA) is 58.1 Å². The smallest absolute Gasteiger partial charge is 0.257 e. The van der Waals surface area contributed by atoms with Crippen LogP contribution >= 0.6 is 0 Å². The Bertz CT molecular complexity index is 341. The van der Waals surface area contributed by atoms with E-state index >= 15 is 0 Å². The van der Waals surface area contributed by atoms with E-state index in [0.29, 0.717) is 5.56 Å². The Hall–Kier alpha value is -1.49. The summed E-state index contributed by atoms with van der Waals surface area (Å²) in [5, 5.41) is 3.25. The maximum Gasteiger partial charge on any atom is 0.257 e. The van der Waals surface area contributed by atoms with Crippen LogP contribution < -0.4 is 5.32 Å². The summed E-state index contributed by atoms with van der Waals surface area (Å²) in [4.78, 5) is 21.6. The Kier molecular flexibility index (Phi) is 2.91. The van der Waals surface area contributed by atoms with E-state index in [1.807, 2.05) is 11.8 Å². The predicted molar refractivity (Wildman–Crippen MR) is 55.4 cm³/mol. The van der Waals surface area contributed by atoms with Crippen molar-refractivity contribution in [1.29, 1.82) is 0 Å². The lowest BCUT2D eigenvalue weighted by molar-refractivity contribution is 0.0655. The summed E-state index contributed by atoms with van der Waals surface area (Å²) in [6.45, 7) is 4.48. The molecule has 1 N–H and O–H groups in total. The molecule has 1 aliphatic rings. The van der Waals surface area contributed by atoms with E-state index in [1.165, 1.54) is 6.33 Å². The molecule has 80 valence electrons. The van der Waals surface area contributed by atoms with Crippen LogP contribution in [0, 0.1) is 0 Å². The number of carbonyl (C=O) groups is 1. The Morgan fingerprint density at radius 3 is 2.93 bits per heavy atom. The van der Waals surface area contributed by atoms with Crippen molar-refractivity contribution in [2.24, 2.45) is 0 Å². The second-order valence-electron chi connectivity index (χ2n) is 3.68. The summed E-state index contributed by atoms with van der Waals surface area (Å²) in [7, 11) is 0. The Morgan fingerprint density at radius 1 is 1.53 bits per heavy atom. The van der Waals surface area contributed by atoms with Crippen molar-refractivity contribution in [3.05, 3.63) is 24.3 Å². The normalized spacial score (nSPS) is 21.4. The Labute approximate surface area is 88.5 Å². The van der Waals surface area contributed by atoms with Gasteiger partial charge in [0.15, 0.2) is 0 Å². The van der Waals surface area contributed by atoms with Gasteiger partial charge in [0.2, 0.25) is 0 Å². The highest BCUT2D eigenvalue weighted by molar-refractivity contribution is 5.93. The quantitative estimate of drug-likeness (QED) is 0.697. The number of hydrogen-bond acceptors (Lipinski definition) is 4. The molecular formula is C10H14N4O. The molecule has 1 aromatic heterocycles. The van der Waals surface area contributed by atoms with Crippen molar-refractivity contribution < 1.29 is 4.79 Å². The number of piperazine rings is 1. The van der Waals surface area contributed by atoms with Crippen LogP contribution in [0.4, 0.5) is 0 Å². The van der Waals surface area contributed by atoms with Gasteiger partial charge in [0, 0.05) is 38.1 Å². The minimum absolute atomic E-state index is 0.0181. The predicted octanol–water partition coefficient (Wildman–Crippen LogP) is -0.0895. The maximum absolute atomic E-state index is 12.0. The molecule has 1 atom stereocenters. The molecule has 1 fully saturated rings. The number of carbonyl (C=O) groups excluding carboxylic acids is 1. The van der Waals surface area contributed by atoms with Crippen LogP contribution in [0.1, 0.15) is 17.3 Å². The average Bonchev–Trinajstić information content (AvgIpc) is 2.30. The van der Waals surface area contributed by atoms with Gasteiger partial charge in [-0.25, -0.2) is 9.97 Å². The third-order valence-electron chi connectivity index (χ3n) is 2.57. The van der Waals surface area contributed by atoms with Crippen LogP contribution in [0.3, 0.4) is 0 Å². The van der Waals surface area contributed by atoms with Gasteiger partial charge in [-0.15, -0.1) is 0 Å². The van der Waals surface area contributed by atoms with Gasteiger partial charge in [-0.1, -0.05) is 0 Å². The molecule has 5 nitrogen and oxygen atoms in total. The highest BCUT2D eigenvalue weighted by atomic mass is 16.2. The molecule has 15 heavy (non-hydrogen) atoms. The van der Waals surface area contributed by atoms with E-state index in [1.54, 1.807) is 12.4 Å². The minimum Gasteiger partial charge on any atom is -0.333 e. The fraction of sp³-hybridized carbons (Fsp3) is 0.500. The molecule has 0 bridgehead atoms. The largest absolute Gasteiger partial charge is 0.333 e. The molecule has 0 aliphatic carbocycles. The number of aromatic nitrogens is 2. The second kappa shape index (κ2) is 4.35. The van der Waals surface area contributed by atoms with Crippen LogP contribution in [-0.4, -0.2) is 46.5 Å². The first-order valence-electron chi connectivity index (χ1n) is 5.06. The van der Waals surface area contributed by atoms with Crippen LogP contribution in [0.5, 0.6) is 0 Å². The van der Waals surface area contributed by atoms with Crippen molar-refractivity contribution >= 4 is 5.91 Å². The monoisotopic (exact) mass is 206 g/mol. The third kappa shape index (κ3) is 2.12. The van der Waals surface area contributed by atoms with Crippen LogP contribution in [-0.2, 0) is 0 Å². The zero-order valence-electron chi connectivity index (χ0n) is 8.68. The fourth-order valence-electron chi connectivity index (χ4n) is 1.72. The maximum atomic E-state index is 12.0. The zero-order chi connectivity index (χ0) is 10.7. The Morgan fingerprint density at radius 2 is 2.27 bits per heavy atom. The first kappa shape index (κ1) is 10.0. The molecule has 2 rings (SSSR count). The molecule has 0 aromatic carbocycles. The van der Waals surface area contributed by atoms with E-state index < -0.39 is 0 Å². The zero-order valence-corrected chi connectivity index (χ0v) is 8.68. The molecule has 5 heteroatoms. The van der Waals surface area contributed by atoms with Crippen molar-refractivity contribution in [2.45, 2.75) is 13.0 Å². The highest BCUT2D eigenvalue weighted by Crippen LogP contribution is 2.08. The lowest BCUT2D eigenvalue weighted by Gasteiger charge is -2.33. The molecule has 1 saturated heterocycles. The van der Waals surface area contributed by atoms with E-state index in [9.17, 15) is 4.79 Å². The van der Waals surface area contributed by atoms with Crippen LogP contribution in [0.25, 0.3) is 0 Å².